The van der Waals surface area contributed by atoms with E-state index in [0.29, 0.717) is 25.1 Å². The molecule has 0 amide bonds. The van der Waals surface area contributed by atoms with Crippen LogP contribution in [-0.4, -0.2) is 54.1 Å². The maximum atomic E-state index is 14.3. The van der Waals surface area contributed by atoms with Gasteiger partial charge in [0.1, 0.15) is 11.6 Å². The Labute approximate surface area is 217 Å². The fraction of sp³-hybridized carbons (Fsp3) is 0.407. The monoisotopic (exact) mass is 525 g/mol. The highest BCUT2D eigenvalue weighted by Crippen LogP contribution is 2.45. The molecule has 0 unspecified atom stereocenters. The average Bonchev–Trinajstić information content (AvgIpc) is 3.07. The summed E-state index contributed by atoms with van der Waals surface area (Å²) in [6.07, 6.45) is 4.31. The van der Waals surface area contributed by atoms with Crippen molar-refractivity contribution in [1.29, 1.82) is 0 Å². The Morgan fingerprint density at radius 2 is 1.86 bits per heavy atom. The van der Waals surface area contributed by atoms with Crippen molar-refractivity contribution in [2.45, 2.75) is 57.8 Å². The van der Waals surface area contributed by atoms with E-state index in [9.17, 15) is 12.8 Å². The normalized spacial score (nSPS) is 23.6. The third-order valence-electron chi connectivity index (χ3n) is 7.01. The molecule has 1 spiro atoms. The molecule has 196 valence electrons. The van der Waals surface area contributed by atoms with Crippen LogP contribution in [0.2, 0.25) is 0 Å². The van der Waals surface area contributed by atoms with Crippen LogP contribution >= 0.6 is 0 Å². The number of nitrogens with zero attached hydrogens (tertiary/aromatic N) is 5. The minimum absolute atomic E-state index is 0.0753. The van der Waals surface area contributed by atoms with Crippen LogP contribution in [0.25, 0.3) is 0 Å². The van der Waals surface area contributed by atoms with Crippen molar-refractivity contribution in [2.24, 2.45) is 0 Å². The summed E-state index contributed by atoms with van der Waals surface area (Å²) in [6.45, 7) is 7.73. The van der Waals surface area contributed by atoms with Gasteiger partial charge in [-0.3, -0.25) is 4.90 Å². The molecule has 2 aromatic carbocycles. The fourth-order valence-corrected chi connectivity index (χ4v) is 7.49. The lowest BCUT2D eigenvalue weighted by Gasteiger charge is -2.46. The van der Waals surface area contributed by atoms with E-state index in [1.807, 2.05) is 26.0 Å². The summed E-state index contributed by atoms with van der Waals surface area (Å²) in [5.41, 5.74) is 0.698. The van der Waals surface area contributed by atoms with Crippen molar-refractivity contribution in [3.05, 3.63) is 78.4 Å². The molecule has 1 aromatic heterocycles. The lowest BCUT2D eigenvalue weighted by molar-refractivity contribution is 0.107. The van der Waals surface area contributed by atoms with Gasteiger partial charge in [0.2, 0.25) is 5.95 Å². The van der Waals surface area contributed by atoms with Gasteiger partial charge in [-0.05, 0) is 75.6 Å². The summed E-state index contributed by atoms with van der Waals surface area (Å²) in [5, 5.41) is 0. The van der Waals surface area contributed by atoms with Crippen molar-refractivity contribution in [3.63, 3.8) is 0 Å². The number of likely N-dealkylation sites (tertiary alicyclic amines) is 1. The fourth-order valence-electron chi connectivity index (χ4n) is 5.50. The molecule has 2 aliphatic rings. The number of hydrogen-bond donors (Lipinski definition) is 0. The Morgan fingerprint density at radius 1 is 1.11 bits per heavy atom. The van der Waals surface area contributed by atoms with E-state index in [-0.39, 0.29) is 24.6 Å². The molecule has 5 rings (SSSR count). The number of piperidine rings is 1. The number of anilines is 2. The molecular weight excluding hydrogens is 493 g/mol. The van der Waals surface area contributed by atoms with Gasteiger partial charge in [0.15, 0.2) is 0 Å². The Balaban J connectivity index is 1.45. The molecule has 2 aliphatic heterocycles. The zero-order valence-corrected chi connectivity index (χ0v) is 22.1. The minimum atomic E-state index is -4.04. The Bertz CT molecular complexity index is 1360. The number of halogens is 1. The number of hydrogen-bond acceptors (Lipinski definition) is 6. The zero-order chi connectivity index (χ0) is 26.2. The van der Waals surface area contributed by atoms with E-state index in [2.05, 4.69) is 33.9 Å². The van der Waals surface area contributed by atoms with Gasteiger partial charge in [0, 0.05) is 31.5 Å². The number of aromatic nitrogens is 2. The standard InChI is InChI=1S/C27H32FN5O3S/c1-20(2)36-25-10-4-7-22(15-25)18-31-14-11-27(17-21(31)3)19-32(26-29-12-6-13-30-26)37(34,35)33(27)24-9-5-8-23(28)16-24/h4-10,12-13,15-16,20-21H,11,14,17-19H2,1-3H3/t21-,27+/m0/s1. The van der Waals surface area contributed by atoms with Gasteiger partial charge in [-0.1, -0.05) is 18.2 Å². The number of benzene rings is 2. The van der Waals surface area contributed by atoms with E-state index in [1.165, 1.54) is 33.1 Å². The van der Waals surface area contributed by atoms with Gasteiger partial charge in [0.05, 0.1) is 23.9 Å². The lowest BCUT2D eigenvalue weighted by Crippen LogP contribution is -2.57. The van der Waals surface area contributed by atoms with E-state index in [0.717, 1.165) is 17.9 Å². The van der Waals surface area contributed by atoms with Gasteiger partial charge < -0.3 is 4.74 Å². The molecule has 0 bridgehead atoms. The molecule has 2 atom stereocenters. The van der Waals surface area contributed by atoms with Crippen LogP contribution in [0, 0.1) is 5.82 Å². The molecule has 8 nitrogen and oxygen atoms in total. The smallest absolute Gasteiger partial charge is 0.329 e. The van der Waals surface area contributed by atoms with Crippen LogP contribution in [0.4, 0.5) is 16.0 Å². The Kier molecular flexibility index (Phi) is 6.80. The molecule has 10 heteroatoms. The molecule has 2 fully saturated rings. The molecule has 3 heterocycles. The van der Waals surface area contributed by atoms with Gasteiger partial charge >= 0.3 is 10.2 Å². The van der Waals surface area contributed by atoms with Crippen LogP contribution in [0.15, 0.2) is 67.0 Å². The van der Waals surface area contributed by atoms with Crippen LogP contribution in [0.1, 0.15) is 39.2 Å². The first-order chi connectivity index (χ1) is 17.7. The second-order valence-electron chi connectivity index (χ2n) is 10.1. The summed E-state index contributed by atoms with van der Waals surface area (Å²) in [6, 6.07) is 15.6. The lowest BCUT2D eigenvalue weighted by atomic mass is 9.82. The van der Waals surface area contributed by atoms with Crippen LogP contribution in [0.5, 0.6) is 5.75 Å². The molecular formula is C27H32FN5O3S. The van der Waals surface area contributed by atoms with Gasteiger partial charge in [-0.15, -0.1) is 0 Å². The minimum Gasteiger partial charge on any atom is -0.491 e. The number of ether oxygens (including phenoxy) is 1. The van der Waals surface area contributed by atoms with Gasteiger partial charge in [0.25, 0.3) is 0 Å². The average molecular weight is 526 g/mol. The van der Waals surface area contributed by atoms with E-state index < -0.39 is 21.6 Å². The highest BCUT2D eigenvalue weighted by Gasteiger charge is 2.57. The Hall–Kier alpha value is -3.24. The SMILES string of the molecule is CC(C)Oc1cccc(CN2CC[C@@]3(C[C@@H]2C)CN(c2ncccn2)S(=O)(=O)N3c2cccc(F)c2)c1. The molecule has 0 saturated carbocycles. The Morgan fingerprint density at radius 3 is 2.57 bits per heavy atom. The van der Waals surface area contributed by atoms with Crippen LogP contribution in [0.3, 0.4) is 0 Å². The maximum absolute atomic E-state index is 14.3. The first-order valence-corrected chi connectivity index (χ1v) is 13.9. The molecule has 0 radical (unpaired) electrons. The summed E-state index contributed by atoms with van der Waals surface area (Å²) >= 11 is 0. The summed E-state index contributed by atoms with van der Waals surface area (Å²) in [4.78, 5) is 10.8. The molecule has 2 saturated heterocycles. The highest BCUT2D eigenvalue weighted by molar-refractivity contribution is 7.94. The molecule has 0 N–H and O–H groups in total. The summed E-state index contributed by atoms with van der Waals surface area (Å²) in [7, 11) is -4.04. The van der Waals surface area contributed by atoms with Gasteiger partial charge in [-0.25, -0.2) is 23.0 Å². The predicted molar refractivity (Wildman–Crippen MR) is 141 cm³/mol. The third kappa shape index (κ3) is 5.00. The van der Waals surface area contributed by atoms with Crippen LogP contribution in [-0.2, 0) is 16.8 Å². The first-order valence-electron chi connectivity index (χ1n) is 12.5. The number of rotatable bonds is 6. The van der Waals surface area contributed by atoms with Crippen LogP contribution < -0.4 is 13.3 Å². The molecule has 3 aromatic rings. The van der Waals surface area contributed by atoms with Crippen molar-refractivity contribution in [1.82, 2.24) is 14.9 Å². The largest absolute Gasteiger partial charge is 0.491 e. The topological polar surface area (TPSA) is 78.9 Å². The van der Waals surface area contributed by atoms with Crippen molar-refractivity contribution in [3.8, 4) is 5.75 Å². The zero-order valence-electron chi connectivity index (χ0n) is 21.3. The third-order valence-corrected chi connectivity index (χ3v) is 8.92. The predicted octanol–water partition coefficient (Wildman–Crippen LogP) is 4.40. The quantitative estimate of drug-likeness (QED) is 0.475. The van der Waals surface area contributed by atoms with Crippen molar-refractivity contribution >= 4 is 21.8 Å². The second-order valence-corrected chi connectivity index (χ2v) is 11.8. The highest BCUT2D eigenvalue weighted by atomic mass is 32.2. The van der Waals surface area contributed by atoms with E-state index in [4.69, 9.17) is 4.74 Å². The van der Waals surface area contributed by atoms with E-state index >= 15 is 0 Å². The van der Waals surface area contributed by atoms with E-state index in [1.54, 1.807) is 18.2 Å². The molecule has 37 heavy (non-hydrogen) atoms. The first kappa shape index (κ1) is 25.4. The van der Waals surface area contributed by atoms with Crippen molar-refractivity contribution < 1.29 is 17.5 Å². The maximum Gasteiger partial charge on any atom is 0.329 e. The van der Waals surface area contributed by atoms with Crippen molar-refractivity contribution in [2.75, 3.05) is 21.7 Å². The summed E-state index contributed by atoms with van der Waals surface area (Å²) in [5.74, 6) is 0.482. The van der Waals surface area contributed by atoms with Gasteiger partial charge in [-0.2, -0.15) is 8.42 Å². The summed E-state index contributed by atoms with van der Waals surface area (Å²) < 4.78 is 50.6. The second kappa shape index (κ2) is 9.90. The molecule has 0 aliphatic carbocycles.